The van der Waals surface area contributed by atoms with E-state index in [2.05, 4.69) is 25.0 Å². The van der Waals surface area contributed by atoms with Gasteiger partial charge in [-0.25, -0.2) is 14.8 Å². The minimum atomic E-state index is -1.29. The summed E-state index contributed by atoms with van der Waals surface area (Å²) in [4.78, 5) is 29.5. The standard InChI is InChI=1S/C9H6N4O4/c14-8(12-5-2-10-4-11-3-5)6-1-7(9(15)16)17-13-6/h1-4H,(H,12,14)(H,15,16). The molecule has 2 rings (SSSR count). The van der Waals surface area contributed by atoms with E-state index in [1.165, 1.54) is 18.7 Å². The van der Waals surface area contributed by atoms with Crippen LogP contribution in [0.25, 0.3) is 0 Å². The number of hydrogen-bond acceptors (Lipinski definition) is 6. The minimum Gasteiger partial charge on any atom is -0.475 e. The first kappa shape index (κ1) is 10.7. The number of nitrogens with zero attached hydrogens (tertiary/aromatic N) is 3. The maximum absolute atomic E-state index is 11.6. The molecule has 0 aliphatic carbocycles. The van der Waals surface area contributed by atoms with Gasteiger partial charge in [-0.3, -0.25) is 4.79 Å². The van der Waals surface area contributed by atoms with Crippen molar-refractivity contribution in [1.82, 2.24) is 15.1 Å². The van der Waals surface area contributed by atoms with Gasteiger partial charge in [0.1, 0.15) is 6.33 Å². The van der Waals surface area contributed by atoms with E-state index in [9.17, 15) is 9.59 Å². The molecule has 0 atom stereocenters. The minimum absolute atomic E-state index is 0.133. The van der Waals surface area contributed by atoms with E-state index >= 15 is 0 Å². The third kappa shape index (κ3) is 2.43. The Hall–Kier alpha value is -2.77. The van der Waals surface area contributed by atoms with Crippen LogP contribution in [0.15, 0.2) is 29.3 Å². The molecule has 0 aromatic carbocycles. The summed E-state index contributed by atoms with van der Waals surface area (Å²) >= 11 is 0. The summed E-state index contributed by atoms with van der Waals surface area (Å²) in [6.07, 6.45) is 4.10. The highest BCUT2D eigenvalue weighted by Gasteiger charge is 2.16. The highest BCUT2D eigenvalue weighted by molar-refractivity contribution is 6.03. The molecule has 1 amide bonds. The van der Waals surface area contributed by atoms with Crippen LogP contribution < -0.4 is 5.32 Å². The highest BCUT2D eigenvalue weighted by atomic mass is 16.5. The molecule has 2 N–H and O–H groups in total. The van der Waals surface area contributed by atoms with Gasteiger partial charge in [0.15, 0.2) is 5.69 Å². The molecule has 17 heavy (non-hydrogen) atoms. The van der Waals surface area contributed by atoms with Crippen molar-refractivity contribution in [3.8, 4) is 0 Å². The molecular weight excluding hydrogens is 228 g/mol. The average Bonchev–Trinajstić information content (AvgIpc) is 2.79. The second-order valence-corrected chi connectivity index (χ2v) is 2.96. The quantitative estimate of drug-likeness (QED) is 0.789. The molecule has 0 spiro atoms. The van der Waals surface area contributed by atoms with Crippen molar-refractivity contribution in [2.24, 2.45) is 0 Å². The van der Waals surface area contributed by atoms with Gasteiger partial charge in [0.05, 0.1) is 18.1 Å². The fourth-order valence-corrected chi connectivity index (χ4v) is 1.04. The topological polar surface area (TPSA) is 118 Å². The van der Waals surface area contributed by atoms with Crippen LogP contribution in [0.1, 0.15) is 21.0 Å². The molecule has 2 aromatic heterocycles. The molecule has 0 unspecified atom stereocenters. The Morgan fingerprint density at radius 1 is 1.29 bits per heavy atom. The molecule has 0 saturated heterocycles. The van der Waals surface area contributed by atoms with Gasteiger partial charge in [-0.1, -0.05) is 5.16 Å². The van der Waals surface area contributed by atoms with Crippen molar-refractivity contribution >= 4 is 17.6 Å². The van der Waals surface area contributed by atoms with Gasteiger partial charge in [-0.15, -0.1) is 0 Å². The summed E-state index contributed by atoms with van der Waals surface area (Å²) in [5, 5.41) is 14.3. The molecule has 0 fully saturated rings. The van der Waals surface area contributed by atoms with E-state index in [1.54, 1.807) is 0 Å². The van der Waals surface area contributed by atoms with Crippen molar-refractivity contribution in [2.75, 3.05) is 5.32 Å². The Kier molecular flexibility index (Phi) is 2.77. The smallest absolute Gasteiger partial charge is 0.374 e. The maximum Gasteiger partial charge on any atom is 0.374 e. The Labute approximate surface area is 94.3 Å². The van der Waals surface area contributed by atoms with Crippen LogP contribution in [0.2, 0.25) is 0 Å². The fraction of sp³-hybridized carbons (Fsp3) is 0. The van der Waals surface area contributed by atoms with E-state index < -0.39 is 17.6 Å². The zero-order valence-electron chi connectivity index (χ0n) is 8.32. The third-order valence-corrected chi connectivity index (χ3v) is 1.77. The summed E-state index contributed by atoms with van der Waals surface area (Å²) < 4.78 is 4.44. The summed E-state index contributed by atoms with van der Waals surface area (Å²) in [5.41, 5.74) is 0.239. The van der Waals surface area contributed by atoms with Crippen molar-refractivity contribution in [3.05, 3.63) is 36.2 Å². The van der Waals surface area contributed by atoms with Crippen molar-refractivity contribution in [3.63, 3.8) is 0 Å². The van der Waals surface area contributed by atoms with Gasteiger partial charge < -0.3 is 14.9 Å². The van der Waals surface area contributed by atoms with Gasteiger partial charge in [0.2, 0.25) is 5.76 Å². The normalized spacial score (nSPS) is 9.88. The zero-order valence-corrected chi connectivity index (χ0v) is 8.32. The molecule has 2 heterocycles. The molecule has 8 nitrogen and oxygen atoms in total. The molecule has 0 aliphatic rings. The molecule has 0 aliphatic heterocycles. The zero-order chi connectivity index (χ0) is 12.3. The fourth-order valence-electron chi connectivity index (χ4n) is 1.04. The summed E-state index contributed by atoms with van der Waals surface area (Å²) in [7, 11) is 0. The first-order valence-corrected chi connectivity index (χ1v) is 4.43. The predicted octanol–water partition coefficient (Wildman–Crippen LogP) is 0.415. The largest absolute Gasteiger partial charge is 0.475 e. The van der Waals surface area contributed by atoms with Crippen molar-refractivity contribution in [1.29, 1.82) is 0 Å². The average molecular weight is 234 g/mol. The maximum atomic E-state index is 11.6. The number of nitrogens with one attached hydrogen (secondary N) is 1. The first-order chi connectivity index (χ1) is 8.16. The molecule has 86 valence electrons. The molecule has 8 heteroatoms. The van der Waals surface area contributed by atoms with Crippen LogP contribution in [-0.2, 0) is 0 Å². The second-order valence-electron chi connectivity index (χ2n) is 2.96. The summed E-state index contributed by atoms with van der Waals surface area (Å²) in [5.74, 6) is -2.30. The van der Waals surface area contributed by atoms with E-state index in [1.807, 2.05) is 0 Å². The van der Waals surface area contributed by atoms with Crippen LogP contribution in [0.4, 0.5) is 5.69 Å². The van der Waals surface area contributed by atoms with Gasteiger partial charge in [-0.2, -0.15) is 0 Å². The number of carbonyl (C=O) groups excluding carboxylic acids is 1. The number of aromatic carboxylic acids is 1. The SMILES string of the molecule is O=C(Nc1cncnc1)c1cc(C(=O)O)on1. The van der Waals surface area contributed by atoms with Gasteiger partial charge >= 0.3 is 5.97 Å². The van der Waals surface area contributed by atoms with Crippen LogP contribution >= 0.6 is 0 Å². The number of anilines is 1. The third-order valence-electron chi connectivity index (χ3n) is 1.77. The Balaban J connectivity index is 2.12. The summed E-state index contributed by atoms with van der Waals surface area (Å²) in [6.45, 7) is 0. The Morgan fingerprint density at radius 3 is 2.59 bits per heavy atom. The van der Waals surface area contributed by atoms with Crippen LogP contribution in [0.3, 0.4) is 0 Å². The number of aromatic nitrogens is 3. The van der Waals surface area contributed by atoms with E-state index in [4.69, 9.17) is 5.11 Å². The van der Waals surface area contributed by atoms with E-state index in [-0.39, 0.29) is 5.69 Å². The number of hydrogen-bond donors (Lipinski definition) is 2. The lowest BCUT2D eigenvalue weighted by molar-refractivity contribution is 0.0651. The van der Waals surface area contributed by atoms with Crippen LogP contribution in [0.5, 0.6) is 0 Å². The molecular formula is C9H6N4O4. The Morgan fingerprint density at radius 2 is 2.00 bits per heavy atom. The number of carbonyl (C=O) groups is 2. The molecule has 0 bridgehead atoms. The van der Waals surface area contributed by atoms with Gasteiger partial charge in [0.25, 0.3) is 5.91 Å². The van der Waals surface area contributed by atoms with Crippen LogP contribution in [-0.4, -0.2) is 32.1 Å². The summed E-state index contributed by atoms with van der Waals surface area (Å²) in [6, 6.07) is 1.03. The Bertz CT molecular complexity index is 551. The number of carboxylic acid groups (broad SMARTS) is 1. The predicted molar refractivity (Wildman–Crippen MR) is 53.4 cm³/mol. The monoisotopic (exact) mass is 234 g/mol. The lowest BCUT2D eigenvalue weighted by atomic mass is 10.3. The second kappa shape index (κ2) is 4.39. The van der Waals surface area contributed by atoms with Crippen LogP contribution in [0, 0.1) is 0 Å². The van der Waals surface area contributed by atoms with E-state index in [0.717, 1.165) is 6.07 Å². The van der Waals surface area contributed by atoms with Crippen molar-refractivity contribution < 1.29 is 19.2 Å². The van der Waals surface area contributed by atoms with Gasteiger partial charge in [0, 0.05) is 6.07 Å². The number of carboxylic acids is 1. The molecule has 2 aromatic rings. The van der Waals surface area contributed by atoms with Crippen molar-refractivity contribution in [2.45, 2.75) is 0 Å². The van der Waals surface area contributed by atoms with Gasteiger partial charge in [-0.05, 0) is 0 Å². The molecule has 0 radical (unpaired) electrons. The first-order valence-electron chi connectivity index (χ1n) is 4.43. The van der Waals surface area contributed by atoms with E-state index in [0.29, 0.717) is 5.69 Å². The highest BCUT2D eigenvalue weighted by Crippen LogP contribution is 2.07. The number of amides is 1. The number of rotatable bonds is 3. The lowest BCUT2D eigenvalue weighted by Crippen LogP contribution is -2.12. The molecule has 0 saturated carbocycles. The lowest BCUT2D eigenvalue weighted by Gasteiger charge is -1.99.